The molecule has 9 heteroatoms. The van der Waals surface area contributed by atoms with Crippen molar-refractivity contribution in [2.75, 3.05) is 32.0 Å². The van der Waals surface area contributed by atoms with Crippen LogP contribution >= 0.6 is 12.6 Å². The van der Waals surface area contributed by atoms with Crippen molar-refractivity contribution in [2.45, 2.75) is 26.4 Å². The Morgan fingerprint density at radius 2 is 1.91 bits per heavy atom. The Hall–Kier alpha value is -1.32. The normalized spacial score (nSPS) is 12.4. The Morgan fingerprint density at radius 3 is 2.45 bits per heavy atom. The van der Waals surface area contributed by atoms with Crippen LogP contribution in [0, 0.1) is 5.41 Å². The van der Waals surface area contributed by atoms with Crippen molar-refractivity contribution >= 4 is 30.4 Å². The first-order valence-corrected chi connectivity index (χ1v) is 7.57. The zero-order valence-corrected chi connectivity index (χ0v) is 13.8. The Kier molecular flexibility index (Phi) is 9.79. The van der Waals surface area contributed by atoms with Crippen LogP contribution in [-0.2, 0) is 19.1 Å². The van der Waals surface area contributed by atoms with Crippen molar-refractivity contribution in [2.24, 2.45) is 11.1 Å². The molecule has 1 atom stereocenters. The highest BCUT2D eigenvalue weighted by molar-refractivity contribution is 7.80. The maximum absolute atomic E-state index is 11.8. The van der Waals surface area contributed by atoms with E-state index in [1.165, 1.54) is 0 Å². The number of nitrogens with one attached hydrogen (secondary N) is 2. The number of amides is 2. The second kappa shape index (κ2) is 10.4. The van der Waals surface area contributed by atoms with E-state index in [2.05, 4.69) is 23.3 Å². The van der Waals surface area contributed by atoms with E-state index >= 15 is 0 Å². The zero-order chi connectivity index (χ0) is 17.2. The van der Waals surface area contributed by atoms with Gasteiger partial charge in [-0.05, 0) is 0 Å². The Morgan fingerprint density at radius 1 is 1.27 bits per heavy atom. The third-order valence-electron chi connectivity index (χ3n) is 2.85. The van der Waals surface area contributed by atoms with Crippen molar-refractivity contribution in [3.05, 3.63) is 0 Å². The minimum atomic E-state index is -1.38. The van der Waals surface area contributed by atoms with E-state index in [9.17, 15) is 19.5 Å². The van der Waals surface area contributed by atoms with Crippen molar-refractivity contribution in [3.63, 3.8) is 0 Å². The average Bonchev–Trinajstić information content (AvgIpc) is 2.49. The smallest absolute Gasteiger partial charge is 0.319 e. The molecule has 0 aromatic rings. The Bertz CT molecular complexity index is 390. The van der Waals surface area contributed by atoms with E-state index in [0.29, 0.717) is 12.3 Å². The van der Waals surface area contributed by atoms with Gasteiger partial charge in [0.05, 0.1) is 13.2 Å². The number of carbonyl (C=O) groups is 3. The first kappa shape index (κ1) is 20.7. The summed E-state index contributed by atoms with van der Waals surface area (Å²) in [6.45, 7) is 3.33. The van der Waals surface area contributed by atoms with Crippen LogP contribution < -0.4 is 16.4 Å². The molecule has 22 heavy (non-hydrogen) atoms. The third-order valence-corrected chi connectivity index (χ3v) is 3.07. The van der Waals surface area contributed by atoms with Crippen molar-refractivity contribution in [3.8, 4) is 0 Å². The van der Waals surface area contributed by atoms with Crippen LogP contribution in [0.3, 0.4) is 0 Å². The topological polar surface area (TPSA) is 131 Å². The summed E-state index contributed by atoms with van der Waals surface area (Å²) in [7, 11) is 0. The Labute approximate surface area is 135 Å². The summed E-state index contributed by atoms with van der Waals surface area (Å²) in [5.41, 5.74) is 4.14. The van der Waals surface area contributed by atoms with E-state index < -0.39 is 23.4 Å². The van der Waals surface area contributed by atoms with Gasteiger partial charge >= 0.3 is 5.97 Å². The van der Waals surface area contributed by atoms with Gasteiger partial charge in [0.25, 0.3) is 0 Å². The van der Waals surface area contributed by atoms with E-state index in [0.717, 1.165) is 0 Å². The van der Waals surface area contributed by atoms with Gasteiger partial charge in [0.15, 0.2) is 0 Å². The highest BCUT2D eigenvalue weighted by atomic mass is 32.1. The fraction of sp³-hybridized carbons (Fsp3) is 0.769. The second-order valence-corrected chi connectivity index (χ2v) is 5.82. The van der Waals surface area contributed by atoms with Crippen LogP contribution in [0.25, 0.3) is 0 Å². The van der Waals surface area contributed by atoms with Crippen LogP contribution in [0.15, 0.2) is 0 Å². The molecule has 0 radical (unpaired) electrons. The summed E-state index contributed by atoms with van der Waals surface area (Å²) in [4.78, 5) is 34.2. The number of rotatable bonds is 10. The molecule has 0 saturated carbocycles. The summed E-state index contributed by atoms with van der Waals surface area (Å²) in [6.07, 6.45) is -1.27. The second-order valence-electron chi connectivity index (χ2n) is 5.37. The monoisotopic (exact) mass is 335 g/mol. The first-order chi connectivity index (χ1) is 10.2. The first-order valence-electron chi connectivity index (χ1n) is 6.93. The van der Waals surface area contributed by atoms with E-state index in [1.54, 1.807) is 13.8 Å². The van der Waals surface area contributed by atoms with Crippen molar-refractivity contribution in [1.29, 1.82) is 0 Å². The number of ether oxygens (including phenoxy) is 1. The number of hydrogen-bond acceptors (Lipinski definition) is 7. The maximum atomic E-state index is 11.8. The summed E-state index contributed by atoms with van der Waals surface area (Å²) in [6, 6.07) is 0. The molecule has 0 spiro atoms. The highest BCUT2D eigenvalue weighted by Crippen LogP contribution is 2.21. The fourth-order valence-corrected chi connectivity index (χ4v) is 1.55. The molecule has 0 heterocycles. The molecule has 0 aliphatic rings. The molecular weight excluding hydrogens is 310 g/mol. The molecule has 0 bridgehead atoms. The molecule has 128 valence electrons. The number of hydrogen-bond donors (Lipinski definition) is 5. The minimum Gasteiger partial charge on any atom is -0.464 e. The molecule has 0 unspecified atom stereocenters. The Balaban J connectivity index is 4.18. The van der Waals surface area contributed by atoms with Gasteiger partial charge in [0, 0.05) is 30.7 Å². The molecule has 0 fully saturated rings. The molecule has 8 nitrogen and oxygen atoms in total. The predicted octanol–water partition coefficient (Wildman–Crippen LogP) is -1.57. The van der Waals surface area contributed by atoms with Gasteiger partial charge < -0.3 is 26.2 Å². The summed E-state index contributed by atoms with van der Waals surface area (Å²) in [5.74, 6) is -0.913. The molecule has 0 aromatic heterocycles. The summed E-state index contributed by atoms with van der Waals surface area (Å²) in [5, 5.41) is 15.1. The largest absolute Gasteiger partial charge is 0.464 e. The fourth-order valence-electron chi connectivity index (χ4n) is 1.44. The molecule has 5 N–H and O–H groups in total. The number of aliphatic hydroxyl groups excluding tert-OH is 1. The van der Waals surface area contributed by atoms with Gasteiger partial charge in [-0.1, -0.05) is 13.8 Å². The molecule has 0 aliphatic heterocycles. The maximum Gasteiger partial charge on any atom is 0.319 e. The molecule has 0 aliphatic carbocycles. The number of nitrogens with two attached hydrogens (primary N) is 1. The standard InChI is InChI=1S/C13H25N3O5S/c1-13(2,8-21-10(18)7-14)11(19)12(20)16-4-3-9(17)15-5-6-22/h11,19,22H,3-8,14H2,1-2H3,(H,15,17)(H,16,20)/t11-/m0/s1. The predicted molar refractivity (Wildman–Crippen MR) is 84.3 cm³/mol. The lowest BCUT2D eigenvalue weighted by Gasteiger charge is -2.28. The van der Waals surface area contributed by atoms with Crippen LogP contribution in [0.5, 0.6) is 0 Å². The summed E-state index contributed by atoms with van der Waals surface area (Å²) >= 11 is 3.96. The van der Waals surface area contributed by atoms with E-state index in [-0.39, 0.29) is 32.0 Å². The average molecular weight is 335 g/mol. The zero-order valence-electron chi connectivity index (χ0n) is 12.9. The molecule has 0 saturated heterocycles. The van der Waals surface area contributed by atoms with Crippen LogP contribution in [0.1, 0.15) is 20.3 Å². The number of thiol groups is 1. The van der Waals surface area contributed by atoms with Gasteiger partial charge in [-0.2, -0.15) is 12.6 Å². The third kappa shape index (κ3) is 8.20. The minimum absolute atomic E-state index is 0.104. The lowest BCUT2D eigenvalue weighted by molar-refractivity contribution is -0.152. The quantitative estimate of drug-likeness (QED) is 0.242. The number of aliphatic hydroxyl groups is 1. The van der Waals surface area contributed by atoms with Crippen molar-refractivity contribution < 1.29 is 24.2 Å². The number of carbonyl (C=O) groups excluding carboxylic acids is 3. The SMILES string of the molecule is CC(C)(COC(=O)CN)[C@@H](O)C(=O)NCCC(=O)NCCS. The van der Waals surface area contributed by atoms with Crippen LogP contribution in [0.4, 0.5) is 0 Å². The lowest BCUT2D eigenvalue weighted by Crippen LogP contribution is -2.47. The van der Waals surface area contributed by atoms with Gasteiger partial charge in [-0.15, -0.1) is 0 Å². The van der Waals surface area contributed by atoms with Gasteiger partial charge in [-0.25, -0.2) is 0 Å². The van der Waals surface area contributed by atoms with Crippen molar-refractivity contribution in [1.82, 2.24) is 10.6 Å². The molecule has 0 rings (SSSR count). The van der Waals surface area contributed by atoms with Crippen LogP contribution in [0.2, 0.25) is 0 Å². The summed E-state index contributed by atoms with van der Waals surface area (Å²) < 4.78 is 4.84. The van der Waals surface area contributed by atoms with Crippen LogP contribution in [-0.4, -0.2) is 61.0 Å². The highest BCUT2D eigenvalue weighted by Gasteiger charge is 2.34. The molecular formula is C13H25N3O5S. The van der Waals surface area contributed by atoms with Gasteiger partial charge in [-0.3, -0.25) is 14.4 Å². The number of esters is 1. The molecule has 2 amide bonds. The lowest BCUT2D eigenvalue weighted by atomic mass is 9.87. The molecule has 0 aromatic carbocycles. The van der Waals surface area contributed by atoms with E-state index in [4.69, 9.17) is 10.5 Å². The van der Waals surface area contributed by atoms with Gasteiger partial charge in [0.1, 0.15) is 6.10 Å². The van der Waals surface area contributed by atoms with Gasteiger partial charge in [0.2, 0.25) is 11.8 Å². The van der Waals surface area contributed by atoms with E-state index in [1.807, 2.05) is 0 Å².